The molecule has 0 aromatic carbocycles. The van der Waals surface area contributed by atoms with Crippen molar-refractivity contribution in [3.05, 3.63) is 22.1 Å². The summed E-state index contributed by atoms with van der Waals surface area (Å²) in [4.78, 5) is 18.1. The van der Waals surface area contributed by atoms with Gasteiger partial charge in [-0.25, -0.2) is 9.97 Å². The van der Waals surface area contributed by atoms with E-state index in [0.29, 0.717) is 0 Å². The van der Waals surface area contributed by atoms with Crippen molar-refractivity contribution in [2.75, 3.05) is 49.1 Å². The lowest BCUT2D eigenvalue weighted by molar-refractivity contribution is 0.271. The van der Waals surface area contributed by atoms with E-state index in [9.17, 15) is 0 Å². The smallest absolute Gasteiger partial charge is 0.185 e. The molecule has 1 saturated heterocycles. The number of likely N-dealkylation sites (N-methyl/N-ethyl adjacent to an activating group) is 1. The van der Waals surface area contributed by atoms with E-state index in [1.807, 2.05) is 17.5 Å². The molecular formula is C15H21N5S2. The van der Waals surface area contributed by atoms with Gasteiger partial charge in [-0.1, -0.05) is 18.3 Å². The fraction of sp³-hybridized carbons (Fsp3) is 0.600. The van der Waals surface area contributed by atoms with Crippen molar-refractivity contribution in [3.63, 3.8) is 0 Å². The molecule has 7 heteroatoms. The summed E-state index contributed by atoms with van der Waals surface area (Å²) in [5, 5.41) is 4.41. The van der Waals surface area contributed by atoms with Crippen molar-refractivity contribution in [2.45, 2.75) is 19.9 Å². The summed E-state index contributed by atoms with van der Waals surface area (Å²) in [5.74, 6) is 0. The Morgan fingerprint density at radius 2 is 1.95 bits per heavy atom. The number of hydrogen-bond donors (Lipinski definition) is 0. The number of anilines is 2. The van der Waals surface area contributed by atoms with Crippen molar-refractivity contribution < 1.29 is 0 Å². The van der Waals surface area contributed by atoms with Crippen LogP contribution >= 0.6 is 22.7 Å². The highest BCUT2D eigenvalue weighted by Gasteiger charge is 2.25. The average molecular weight is 336 g/mol. The highest BCUT2D eigenvalue weighted by Crippen LogP contribution is 2.33. The number of thiazole rings is 2. The SMILES string of the molecule is CCN1CCN(c2nc3c(s2)CN(c2nccs2)CC3)CC1. The third-order valence-electron chi connectivity index (χ3n) is 4.50. The van der Waals surface area contributed by atoms with Crippen LogP contribution in [0.15, 0.2) is 11.6 Å². The Hall–Kier alpha value is -1.18. The van der Waals surface area contributed by atoms with Crippen LogP contribution in [0.1, 0.15) is 17.5 Å². The second kappa shape index (κ2) is 6.14. The fourth-order valence-electron chi connectivity index (χ4n) is 3.11. The number of fused-ring (bicyclic) bond motifs is 1. The summed E-state index contributed by atoms with van der Waals surface area (Å²) < 4.78 is 0. The first-order valence-electron chi connectivity index (χ1n) is 7.94. The van der Waals surface area contributed by atoms with Crippen LogP contribution < -0.4 is 9.80 Å². The van der Waals surface area contributed by atoms with Crippen LogP contribution in [0.3, 0.4) is 0 Å². The Morgan fingerprint density at radius 3 is 2.68 bits per heavy atom. The van der Waals surface area contributed by atoms with Crippen molar-refractivity contribution >= 4 is 32.9 Å². The van der Waals surface area contributed by atoms with E-state index in [1.54, 1.807) is 11.3 Å². The monoisotopic (exact) mass is 335 g/mol. The molecule has 0 N–H and O–H groups in total. The summed E-state index contributed by atoms with van der Waals surface area (Å²) >= 11 is 3.61. The van der Waals surface area contributed by atoms with E-state index in [-0.39, 0.29) is 0 Å². The van der Waals surface area contributed by atoms with Gasteiger partial charge in [0.1, 0.15) is 0 Å². The summed E-state index contributed by atoms with van der Waals surface area (Å²) in [6.07, 6.45) is 2.93. The molecule has 2 aromatic rings. The van der Waals surface area contributed by atoms with Crippen LogP contribution in [0.2, 0.25) is 0 Å². The van der Waals surface area contributed by atoms with Crippen molar-refractivity contribution in [1.29, 1.82) is 0 Å². The van der Waals surface area contributed by atoms with E-state index >= 15 is 0 Å². The molecule has 0 spiro atoms. The van der Waals surface area contributed by atoms with Gasteiger partial charge in [0.2, 0.25) is 0 Å². The van der Waals surface area contributed by atoms with Crippen LogP contribution in [0.25, 0.3) is 0 Å². The fourth-order valence-corrected chi connectivity index (χ4v) is 4.95. The van der Waals surface area contributed by atoms with E-state index in [0.717, 1.165) is 57.4 Å². The maximum Gasteiger partial charge on any atom is 0.185 e. The van der Waals surface area contributed by atoms with E-state index < -0.39 is 0 Å². The zero-order chi connectivity index (χ0) is 14.9. The van der Waals surface area contributed by atoms with Crippen LogP contribution in [0.5, 0.6) is 0 Å². The lowest BCUT2D eigenvalue weighted by atomic mass is 10.2. The minimum atomic E-state index is 0.968. The molecule has 118 valence electrons. The van der Waals surface area contributed by atoms with Gasteiger partial charge in [-0.05, 0) is 6.54 Å². The normalized spacial score (nSPS) is 19.5. The maximum absolute atomic E-state index is 4.92. The Morgan fingerprint density at radius 1 is 1.09 bits per heavy atom. The predicted octanol–water partition coefficient (Wildman–Crippen LogP) is 2.30. The van der Waals surface area contributed by atoms with Crippen LogP contribution in [0, 0.1) is 0 Å². The Balaban J connectivity index is 1.47. The van der Waals surface area contributed by atoms with Crippen molar-refractivity contribution in [2.24, 2.45) is 0 Å². The molecule has 0 atom stereocenters. The van der Waals surface area contributed by atoms with Gasteiger partial charge in [0.05, 0.1) is 12.2 Å². The third-order valence-corrected chi connectivity index (χ3v) is 6.48. The minimum absolute atomic E-state index is 0.968. The van der Waals surface area contributed by atoms with Crippen molar-refractivity contribution in [1.82, 2.24) is 14.9 Å². The molecule has 0 bridgehead atoms. The van der Waals surface area contributed by atoms with Gasteiger partial charge in [-0.15, -0.1) is 11.3 Å². The zero-order valence-electron chi connectivity index (χ0n) is 12.9. The van der Waals surface area contributed by atoms with Gasteiger partial charge < -0.3 is 14.7 Å². The predicted molar refractivity (Wildman–Crippen MR) is 93.3 cm³/mol. The number of piperazine rings is 1. The van der Waals surface area contributed by atoms with Crippen LogP contribution in [-0.4, -0.2) is 54.1 Å². The molecule has 4 rings (SSSR count). The molecule has 0 aliphatic carbocycles. The lowest BCUT2D eigenvalue weighted by Gasteiger charge is -2.33. The number of rotatable bonds is 3. The molecule has 0 saturated carbocycles. The van der Waals surface area contributed by atoms with E-state index in [2.05, 4.69) is 32.0 Å². The van der Waals surface area contributed by atoms with Gasteiger partial charge in [0, 0.05) is 55.6 Å². The topological polar surface area (TPSA) is 35.5 Å². The Kier molecular flexibility index (Phi) is 4.02. The molecule has 0 amide bonds. The van der Waals surface area contributed by atoms with Gasteiger partial charge >= 0.3 is 0 Å². The minimum Gasteiger partial charge on any atom is -0.346 e. The molecule has 2 aliphatic heterocycles. The van der Waals surface area contributed by atoms with E-state index in [4.69, 9.17) is 4.98 Å². The first-order valence-corrected chi connectivity index (χ1v) is 9.63. The number of hydrogen-bond acceptors (Lipinski definition) is 7. The van der Waals surface area contributed by atoms with Gasteiger partial charge in [-0.2, -0.15) is 0 Å². The van der Waals surface area contributed by atoms with Gasteiger partial charge in [0.25, 0.3) is 0 Å². The van der Waals surface area contributed by atoms with Gasteiger partial charge in [-0.3, -0.25) is 0 Å². The molecule has 2 aliphatic rings. The molecule has 22 heavy (non-hydrogen) atoms. The first kappa shape index (κ1) is 14.4. The molecule has 2 aromatic heterocycles. The lowest BCUT2D eigenvalue weighted by Crippen LogP contribution is -2.46. The van der Waals surface area contributed by atoms with E-state index in [1.165, 1.54) is 15.7 Å². The van der Waals surface area contributed by atoms with Gasteiger partial charge in [0.15, 0.2) is 10.3 Å². The first-order chi connectivity index (χ1) is 10.8. The maximum atomic E-state index is 4.92. The summed E-state index contributed by atoms with van der Waals surface area (Å²) in [6, 6.07) is 0. The second-order valence-electron chi connectivity index (χ2n) is 5.77. The summed E-state index contributed by atoms with van der Waals surface area (Å²) in [7, 11) is 0. The standard InChI is InChI=1S/C15H21N5S2/c1-2-18-6-8-19(9-7-18)15-17-12-3-5-20(11-13(12)22-15)14-16-4-10-21-14/h4,10H,2-3,5-9,11H2,1H3. The molecule has 5 nitrogen and oxygen atoms in total. The molecular weight excluding hydrogens is 314 g/mol. The molecule has 0 radical (unpaired) electrons. The number of aromatic nitrogens is 2. The summed E-state index contributed by atoms with van der Waals surface area (Å²) in [6.45, 7) is 9.93. The van der Waals surface area contributed by atoms with Crippen LogP contribution in [-0.2, 0) is 13.0 Å². The largest absolute Gasteiger partial charge is 0.346 e. The molecule has 4 heterocycles. The highest BCUT2D eigenvalue weighted by atomic mass is 32.1. The Labute approximate surface area is 139 Å². The summed E-state index contributed by atoms with van der Waals surface area (Å²) in [5.41, 5.74) is 1.31. The quantitative estimate of drug-likeness (QED) is 0.860. The Bertz CT molecular complexity index is 616. The molecule has 1 fully saturated rings. The third kappa shape index (κ3) is 2.73. The molecule has 0 unspecified atom stereocenters. The average Bonchev–Trinajstić information content (AvgIpc) is 3.23. The van der Waals surface area contributed by atoms with Crippen molar-refractivity contribution in [3.8, 4) is 0 Å². The number of nitrogens with zero attached hydrogens (tertiary/aromatic N) is 5. The highest BCUT2D eigenvalue weighted by molar-refractivity contribution is 7.16. The second-order valence-corrected chi connectivity index (χ2v) is 7.71. The van der Waals surface area contributed by atoms with Crippen LogP contribution in [0.4, 0.5) is 10.3 Å². The zero-order valence-corrected chi connectivity index (χ0v) is 14.5.